The quantitative estimate of drug-likeness (QED) is 0.670. The maximum absolute atomic E-state index is 12.2. The molecule has 0 aliphatic rings. The number of hydrogen-bond acceptors (Lipinski definition) is 4. The fraction of sp³-hybridized carbons (Fsp3) is 0.462. The molecule has 1 rings (SSSR count). The van der Waals surface area contributed by atoms with E-state index in [2.05, 4.69) is 20.7 Å². The van der Waals surface area contributed by atoms with Crippen LogP contribution in [0.5, 0.6) is 0 Å². The SMILES string of the molecule is CC(C)CC(O)CNS(=O)(=O)c1cc(C(=O)O)ccc1Br. The van der Waals surface area contributed by atoms with Gasteiger partial charge in [-0.1, -0.05) is 13.8 Å². The van der Waals surface area contributed by atoms with Crippen molar-refractivity contribution in [1.29, 1.82) is 0 Å². The lowest BCUT2D eigenvalue weighted by molar-refractivity contribution is 0.0696. The van der Waals surface area contributed by atoms with Gasteiger partial charge >= 0.3 is 5.97 Å². The topological polar surface area (TPSA) is 104 Å². The number of sulfonamides is 1. The van der Waals surface area contributed by atoms with Crippen molar-refractivity contribution in [3.8, 4) is 0 Å². The molecule has 0 aliphatic carbocycles. The minimum Gasteiger partial charge on any atom is -0.478 e. The monoisotopic (exact) mass is 379 g/mol. The summed E-state index contributed by atoms with van der Waals surface area (Å²) in [5, 5.41) is 18.6. The highest BCUT2D eigenvalue weighted by Crippen LogP contribution is 2.23. The summed E-state index contributed by atoms with van der Waals surface area (Å²) in [6, 6.07) is 3.74. The number of aliphatic hydroxyl groups is 1. The van der Waals surface area contributed by atoms with Gasteiger partial charge in [0.05, 0.1) is 16.6 Å². The van der Waals surface area contributed by atoms with Gasteiger partial charge in [-0.15, -0.1) is 0 Å². The second kappa shape index (κ2) is 7.35. The molecule has 1 unspecified atom stereocenters. The van der Waals surface area contributed by atoms with Crippen LogP contribution in [0.2, 0.25) is 0 Å². The Morgan fingerprint density at radius 2 is 2.00 bits per heavy atom. The molecule has 21 heavy (non-hydrogen) atoms. The van der Waals surface area contributed by atoms with E-state index in [1.165, 1.54) is 12.1 Å². The molecule has 0 aliphatic heterocycles. The molecule has 0 fully saturated rings. The van der Waals surface area contributed by atoms with Crippen molar-refractivity contribution in [3.63, 3.8) is 0 Å². The zero-order valence-electron chi connectivity index (χ0n) is 11.7. The molecule has 0 aromatic heterocycles. The Bertz CT molecular complexity index is 615. The van der Waals surface area contributed by atoms with E-state index in [1.54, 1.807) is 0 Å². The van der Waals surface area contributed by atoms with Gasteiger partial charge in [-0.2, -0.15) is 0 Å². The molecule has 6 nitrogen and oxygen atoms in total. The minimum absolute atomic E-state index is 0.121. The van der Waals surface area contributed by atoms with Crippen LogP contribution in [-0.4, -0.2) is 37.2 Å². The number of carboxylic acid groups (broad SMARTS) is 1. The summed E-state index contributed by atoms with van der Waals surface area (Å²) in [4.78, 5) is 10.7. The van der Waals surface area contributed by atoms with Crippen LogP contribution >= 0.6 is 15.9 Å². The van der Waals surface area contributed by atoms with E-state index in [9.17, 15) is 18.3 Å². The Hall–Kier alpha value is -0.960. The lowest BCUT2D eigenvalue weighted by atomic mass is 10.1. The molecular formula is C13H18BrNO5S. The number of aliphatic hydroxyl groups excluding tert-OH is 1. The van der Waals surface area contributed by atoms with Gasteiger partial charge in [0.25, 0.3) is 0 Å². The Labute approximate surface area is 132 Å². The van der Waals surface area contributed by atoms with Gasteiger partial charge in [-0.05, 0) is 46.5 Å². The molecule has 0 bridgehead atoms. The van der Waals surface area contributed by atoms with Crippen molar-refractivity contribution in [2.24, 2.45) is 5.92 Å². The van der Waals surface area contributed by atoms with Crippen molar-refractivity contribution in [2.75, 3.05) is 6.54 Å². The largest absolute Gasteiger partial charge is 0.478 e. The summed E-state index contributed by atoms with van der Waals surface area (Å²) in [5.74, 6) is -0.967. The van der Waals surface area contributed by atoms with Gasteiger partial charge in [0.2, 0.25) is 10.0 Å². The first-order valence-corrected chi connectivity index (χ1v) is 8.61. The molecule has 3 N–H and O–H groups in total. The van der Waals surface area contributed by atoms with Crippen molar-refractivity contribution in [3.05, 3.63) is 28.2 Å². The predicted molar refractivity (Wildman–Crippen MR) is 81.8 cm³/mol. The van der Waals surface area contributed by atoms with Gasteiger partial charge in [-0.25, -0.2) is 17.9 Å². The summed E-state index contributed by atoms with van der Waals surface area (Å²) in [6.45, 7) is 3.72. The molecule has 0 amide bonds. The number of hydrogen-bond donors (Lipinski definition) is 3. The number of carboxylic acids is 1. The first-order chi connectivity index (χ1) is 9.63. The van der Waals surface area contributed by atoms with Gasteiger partial charge < -0.3 is 10.2 Å². The molecule has 1 atom stereocenters. The summed E-state index contributed by atoms with van der Waals surface area (Å²) < 4.78 is 26.9. The highest BCUT2D eigenvalue weighted by Gasteiger charge is 2.21. The number of benzene rings is 1. The minimum atomic E-state index is -3.90. The fourth-order valence-electron chi connectivity index (χ4n) is 1.75. The Kier molecular flexibility index (Phi) is 6.33. The number of halogens is 1. The van der Waals surface area contributed by atoms with E-state index < -0.39 is 22.1 Å². The molecular weight excluding hydrogens is 362 g/mol. The molecule has 118 valence electrons. The summed E-state index contributed by atoms with van der Waals surface area (Å²) in [7, 11) is -3.90. The maximum Gasteiger partial charge on any atom is 0.335 e. The van der Waals surface area contributed by atoms with Crippen LogP contribution in [0.1, 0.15) is 30.6 Å². The lowest BCUT2D eigenvalue weighted by Gasteiger charge is -2.15. The Morgan fingerprint density at radius 1 is 1.38 bits per heavy atom. The van der Waals surface area contributed by atoms with Gasteiger partial charge in [0.1, 0.15) is 0 Å². The van der Waals surface area contributed by atoms with Crippen LogP contribution in [0.15, 0.2) is 27.6 Å². The van der Waals surface area contributed by atoms with Gasteiger partial charge in [0, 0.05) is 11.0 Å². The van der Waals surface area contributed by atoms with Crippen molar-refractivity contribution in [1.82, 2.24) is 4.72 Å². The number of carbonyl (C=O) groups is 1. The predicted octanol–water partition coefficient (Wildman–Crippen LogP) is 1.83. The molecule has 0 radical (unpaired) electrons. The lowest BCUT2D eigenvalue weighted by Crippen LogP contribution is -2.33. The highest BCUT2D eigenvalue weighted by atomic mass is 79.9. The molecule has 0 saturated carbocycles. The first kappa shape index (κ1) is 18.1. The van der Waals surface area contributed by atoms with Crippen LogP contribution in [0.25, 0.3) is 0 Å². The first-order valence-electron chi connectivity index (χ1n) is 6.34. The van der Waals surface area contributed by atoms with Gasteiger partial charge in [-0.3, -0.25) is 0 Å². The molecule has 0 heterocycles. The summed E-state index contributed by atoms with van der Waals surface area (Å²) in [6.07, 6.45) is -0.319. The molecule has 8 heteroatoms. The number of nitrogens with one attached hydrogen (secondary N) is 1. The third-order valence-electron chi connectivity index (χ3n) is 2.72. The zero-order valence-corrected chi connectivity index (χ0v) is 14.1. The van der Waals surface area contributed by atoms with Crippen LogP contribution in [0, 0.1) is 5.92 Å². The second-order valence-corrected chi connectivity index (χ2v) is 7.68. The smallest absolute Gasteiger partial charge is 0.335 e. The Morgan fingerprint density at radius 3 is 2.52 bits per heavy atom. The molecule has 0 spiro atoms. The third-order valence-corrected chi connectivity index (χ3v) is 5.14. The number of aromatic carboxylic acids is 1. The van der Waals surface area contributed by atoms with Crippen molar-refractivity contribution >= 4 is 31.9 Å². The van der Waals surface area contributed by atoms with Crippen LogP contribution < -0.4 is 4.72 Å². The Balaban J connectivity index is 2.92. The normalized spacial score (nSPS) is 13.4. The van der Waals surface area contributed by atoms with Crippen LogP contribution in [0.3, 0.4) is 0 Å². The van der Waals surface area contributed by atoms with E-state index >= 15 is 0 Å². The van der Waals surface area contributed by atoms with Gasteiger partial charge in [0.15, 0.2) is 0 Å². The van der Waals surface area contributed by atoms with E-state index in [-0.39, 0.29) is 27.4 Å². The molecule has 0 saturated heterocycles. The maximum atomic E-state index is 12.2. The zero-order chi connectivity index (χ0) is 16.2. The highest BCUT2D eigenvalue weighted by molar-refractivity contribution is 9.10. The molecule has 1 aromatic rings. The van der Waals surface area contributed by atoms with E-state index in [0.717, 1.165) is 6.07 Å². The standard InChI is InChI=1S/C13H18BrNO5S/c1-8(2)5-10(16)7-15-21(19,20)12-6-9(13(17)18)3-4-11(12)14/h3-4,6,8,10,15-16H,5,7H2,1-2H3,(H,17,18). The van der Waals surface area contributed by atoms with Crippen molar-refractivity contribution in [2.45, 2.75) is 31.3 Å². The van der Waals surface area contributed by atoms with Crippen molar-refractivity contribution < 1.29 is 23.4 Å². The van der Waals surface area contributed by atoms with E-state index in [0.29, 0.717) is 6.42 Å². The van der Waals surface area contributed by atoms with Crippen LogP contribution in [0.4, 0.5) is 0 Å². The fourth-order valence-corrected chi connectivity index (χ4v) is 3.81. The summed E-state index contributed by atoms with van der Waals surface area (Å²) in [5.41, 5.74) is -0.124. The molecule has 1 aromatic carbocycles. The average Bonchev–Trinajstić information content (AvgIpc) is 2.35. The third kappa shape index (κ3) is 5.39. The van der Waals surface area contributed by atoms with E-state index in [1.807, 2.05) is 13.8 Å². The average molecular weight is 380 g/mol. The second-order valence-electron chi connectivity index (χ2n) is 5.09. The van der Waals surface area contributed by atoms with Crippen LogP contribution in [-0.2, 0) is 10.0 Å². The summed E-state index contributed by atoms with van der Waals surface area (Å²) >= 11 is 3.09. The van der Waals surface area contributed by atoms with E-state index in [4.69, 9.17) is 5.11 Å². The number of rotatable bonds is 7.